The van der Waals surface area contributed by atoms with Crippen molar-refractivity contribution in [2.75, 3.05) is 5.32 Å². The summed E-state index contributed by atoms with van der Waals surface area (Å²) < 4.78 is 1.75. The molecule has 0 fully saturated rings. The second-order valence-corrected chi connectivity index (χ2v) is 7.12. The summed E-state index contributed by atoms with van der Waals surface area (Å²) >= 11 is 0. The van der Waals surface area contributed by atoms with E-state index in [0.717, 1.165) is 22.4 Å². The zero-order valence-electron chi connectivity index (χ0n) is 16.7. The van der Waals surface area contributed by atoms with Crippen molar-refractivity contribution in [1.82, 2.24) is 14.8 Å². The van der Waals surface area contributed by atoms with Crippen molar-refractivity contribution in [3.63, 3.8) is 0 Å². The number of anilines is 1. The molecule has 2 aromatic heterocycles. The molecule has 0 bridgehead atoms. The number of hydrogen-bond donors (Lipinski definition) is 1. The molecular formula is C24H22N4O. The van der Waals surface area contributed by atoms with E-state index in [1.807, 2.05) is 49.4 Å². The van der Waals surface area contributed by atoms with Gasteiger partial charge in [-0.25, -0.2) is 4.68 Å². The van der Waals surface area contributed by atoms with E-state index in [-0.39, 0.29) is 5.91 Å². The van der Waals surface area contributed by atoms with Crippen molar-refractivity contribution >= 4 is 11.6 Å². The average Bonchev–Trinajstić information content (AvgIpc) is 3.18. The quantitative estimate of drug-likeness (QED) is 0.533. The predicted octanol–water partition coefficient (Wildman–Crippen LogP) is 5.11. The highest BCUT2D eigenvalue weighted by Crippen LogP contribution is 2.27. The van der Waals surface area contributed by atoms with Gasteiger partial charge in [-0.15, -0.1) is 0 Å². The third-order valence-corrected chi connectivity index (χ3v) is 5.05. The average molecular weight is 382 g/mol. The fourth-order valence-electron chi connectivity index (χ4n) is 3.14. The summed E-state index contributed by atoms with van der Waals surface area (Å²) in [6.45, 7) is 6.07. The molecule has 4 rings (SSSR count). The Labute approximate surface area is 170 Å². The first kappa shape index (κ1) is 18.6. The molecule has 1 amide bonds. The summed E-state index contributed by atoms with van der Waals surface area (Å²) in [7, 11) is 0. The summed E-state index contributed by atoms with van der Waals surface area (Å²) in [5.74, 6) is -0.212. The van der Waals surface area contributed by atoms with Crippen LogP contribution >= 0.6 is 0 Å². The molecule has 2 aromatic carbocycles. The second kappa shape index (κ2) is 7.72. The molecule has 0 aliphatic rings. The molecule has 0 unspecified atom stereocenters. The lowest BCUT2D eigenvalue weighted by atomic mass is 10.0. The third-order valence-electron chi connectivity index (χ3n) is 5.05. The number of rotatable bonds is 4. The number of para-hydroxylation sites is 1. The largest absolute Gasteiger partial charge is 0.320 e. The highest BCUT2D eigenvalue weighted by molar-refractivity contribution is 6.08. The Bertz CT molecular complexity index is 1180. The van der Waals surface area contributed by atoms with Crippen molar-refractivity contribution in [1.29, 1.82) is 0 Å². The summed E-state index contributed by atoms with van der Waals surface area (Å²) in [5, 5.41) is 7.72. The minimum atomic E-state index is -0.212. The maximum atomic E-state index is 13.2. The van der Waals surface area contributed by atoms with Gasteiger partial charge in [0.2, 0.25) is 0 Å². The van der Waals surface area contributed by atoms with Gasteiger partial charge < -0.3 is 5.32 Å². The molecule has 144 valence electrons. The van der Waals surface area contributed by atoms with Gasteiger partial charge in [0.05, 0.1) is 23.1 Å². The zero-order chi connectivity index (χ0) is 20.4. The van der Waals surface area contributed by atoms with E-state index in [2.05, 4.69) is 36.3 Å². The number of nitrogens with zero attached hydrogens (tertiary/aromatic N) is 3. The van der Waals surface area contributed by atoms with E-state index in [4.69, 9.17) is 5.10 Å². The van der Waals surface area contributed by atoms with Crippen LogP contribution in [-0.4, -0.2) is 20.7 Å². The summed E-state index contributed by atoms with van der Waals surface area (Å²) in [6.07, 6.45) is 5.14. The van der Waals surface area contributed by atoms with E-state index in [0.29, 0.717) is 16.9 Å². The molecule has 0 aliphatic carbocycles. The number of hydrogen-bond acceptors (Lipinski definition) is 3. The van der Waals surface area contributed by atoms with Gasteiger partial charge in [0.1, 0.15) is 5.69 Å². The molecule has 29 heavy (non-hydrogen) atoms. The van der Waals surface area contributed by atoms with E-state index in [1.54, 1.807) is 23.3 Å². The summed E-state index contributed by atoms with van der Waals surface area (Å²) in [4.78, 5) is 17.3. The van der Waals surface area contributed by atoms with Gasteiger partial charge in [-0.05, 0) is 61.7 Å². The maximum Gasteiger partial charge on any atom is 0.259 e. The van der Waals surface area contributed by atoms with E-state index in [1.165, 1.54) is 5.56 Å². The lowest BCUT2D eigenvalue weighted by Crippen LogP contribution is -2.13. The zero-order valence-corrected chi connectivity index (χ0v) is 16.7. The Balaban J connectivity index is 1.80. The van der Waals surface area contributed by atoms with Crippen LogP contribution in [0, 0.1) is 20.8 Å². The topological polar surface area (TPSA) is 59.8 Å². The van der Waals surface area contributed by atoms with E-state index in [9.17, 15) is 4.79 Å². The Hall–Kier alpha value is -3.73. The normalized spacial score (nSPS) is 10.7. The highest BCUT2D eigenvalue weighted by atomic mass is 16.1. The Morgan fingerprint density at radius 1 is 0.931 bits per heavy atom. The standard InChI is InChI=1S/C24H22N4O/c1-16-9-10-19(13-18(16)3)23-21(15-28(27-23)20-7-5-4-6-8-20)24(29)26-22-14-25-12-11-17(22)2/h4-15H,1-3H3,(H,26,29). The van der Waals surface area contributed by atoms with Crippen molar-refractivity contribution < 1.29 is 4.79 Å². The number of carbonyl (C=O) groups is 1. The first-order chi connectivity index (χ1) is 14.0. The number of amides is 1. The first-order valence-corrected chi connectivity index (χ1v) is 9.47. The fraction of sp³-hybridized carbons (Fsp3) is 0.125. The van der Waals surface area contributed by atoms with Crippen LogP contribution in [0.3, 0.4) is 0 Å². The van der Waals surface area contributed by atoms with Gasteiger partial charge in [-0.1, -0.05) is 30.3 Å². The van der Waals surface area contributed by atoms with Crippen LogP contribution in [0.4, 0.5) is 5.69 Å². The van der Waals surface area contributed by atoms with Crippen LogP contribution in [0.2, 0.25) is 0 Å². The monoisotopic (exact) mass is 382 g/mol. The van der Waals surface area contributed by atoms with Crippen LogP contribution in [0.15, 0.2) is 73.2 Å². The van der Waals surface area contributed by atoms with Crippen LogP contribution in [0.5, 0.6) is 0 Å². The fourth-order valence-corrected chi connectivity index (χ4v) is 3.14. The van der Waals surface area contributed by atoms with E-state index < -0.39 is 0 Å². The molecule has 5 nitrogen and oxygen atoms in total. The molecular weight excluding hydrogens is 360 g/mol. The number of nitrogens with one attached hydrogen (secondary N) is 1. The molecule has 0 spiro atoms. The van der Waals surface area contributed by atoms with Gasteiger partial charge in [-0.3, -0.25) is 9.78 Å². The minimum Gasteiger partial charge on any atom is -0.320 e. The Morgan fingerprint density at radius 3 is 2.45 bits per heavy atom. The molecule has 1 N–H and O–H groups in total. The number of carbonyl (C=O) groups excluding carboxylic acids is 1. The van der Waals surface area contributed by atoms with Crippen LogP contribution in [0.25, 0.3) is 16.9 Å². The Morgan fingerprint density at radius 2 is 1.72 bits per heavy atom. The molecule has 0 saturated carbocycles. The lowest BCUT2D eigenvalue weighted by Gasteiger charge is -2.08. The lowest BCUT2D eigenvalue weighted by molar-refractivity contribution is 0.102. The van der Waals surface area contributed by atoms with E-state index >= 15 is 0 Å². The molecule has 0 radical (unpaired) electrons. The van der Waals surface area contributed by atoms with Crippen molar-refractivity contribution in [3.8, 4) is 16.9 Å². The summed E-state index contributed by atoms with van der Waals surface area (Å²) in [5.41, 5.74) is 6.98. The van der Waals surface area contributed by atoms with Crippen molar-refractivity contribution in [3.05, 3.63) is 95.4 Å². The highest BCUT2D eigenvalue weighted by Gasteiger charge is 2.20. The van der Waals surface area contributed by atoms with Crippen LogP contribution < -0.4 is 5.32 Å². The Kier molecular flexibility index (Phi) is 4.96. The van der Waals surface area contributed by atoms with Crippen LogP contribution in [-0.2, 0) is 0 Å². The van der Waals surface area contributed by atoms with Gasteiger partial charge in [-0.2, -0.15) is 5.10 Å². The number of pyridine rings is 1. The smallest absolute Gasteiger partial charge is 0.259 e. The van der Waals surface area contributed by atoms with Gasteiger partial charge in [0.25, 0.3) is 5.91 Å². The molecule has 4 aromatic rings. The first-order valence-electron chi connectivity index (χ1n) is 9.47. The predicted molar refractivity (Wildman–Crippen MR) is 115 cm³/mol. The molecule has 5 heteroatoms. The van der Waals surface area contributed by atoms with Gasteiger partial charge in [0, 0.05) is 18.0 Å². The number of benzene rings is 2. The van der Waals surface area contributed by atoms with Gasteiger partial charge in [0.15, 0.2) is 0 Å². The maximum absolute atomic E-state index is 13.2. The van der Waals surface area contributed by atoms with Crippen molar-refractivity contribution in [2.24, 2.45) is 0 Å². The molecule has 2 heterocycles. The van der Waals surface area contributed by atoms with Crippen LogP contribution in [0.1, 0.15) is 27.0 Å². The third kappa shape index (κ3) is 3.80. The SMILES string of the molecule is Cc1ccc(-c2nn(-c3ccccc3)cc2C(=O)Nc2cnccc2C)cc1C. The second-order valence-electron chi connectivity index (χ2n) is 7.12. The minimum absolute atomic E-state index is 0.212. The summed E-state index contributed by atoms with van der Waals surface area (Å²) in [6, 6.07) is 17.8. The number of aryl methyl sites for hydroxylation is 3. The van der Waals surface area contributed by atoms with Gasteiger partial charge >= 0.3 is 0 Å². The molecule has 0 atom stereocenters. The van der Waals surface area contributed by atoms with Crippen molar-refractivity contribution in [2.45, 2.75) is 20.8 Å². The molecule has 0 saturated heterocycles. The molecule has 0 aliphatic heterocycles. The number of aromatic nitrogens is 3.